The molecule has 17 heavy (non-hydrogen) atoms. The van der Waals surface area contributed by atoms with Gasteiger partial charge in [0.1, 0.15) is 5.82 Å². The topological polar surface area (TPSA) is 26.0 Å². The van der Waals surface area contributed by atoms with E-state index in [-0.39, 0.29) is 17.3 Å². The zero-order valence-corrected chi connectivity index (χ0v) is 10.8. The molecule has 1 aliphatic rings. The van der Waals surface area contributed by atoms with Gasteiger partial charge in [0.05, 0.1) is 0 Å². The van der Waals surface area contributed by atoms with Crippen LogP contribution in [0.4, 0.5) is 4.39 Å². The molecule has 0 aliphatic heterocycles. The lowest BCUT2D eigenvalue weighted by atomic mass is 9.73. The largest absolute Gasteiger partial charge is 0.323 e. The molecule has 1 unspecified atom stereocenters. The average Bonchev–Trinajstić information content (AvgIpc) is 2.81. The van der Waals surface area contributed by atoms with E-state index >= 15 is 0 Å². The van der Waals surface area contributed by atoms with E-state index in [1.807, 2.05) is 13.0 Å². The molecule has 94 valence electrons. The minimum Gasteiger partial charge on any atom is -0.323 e. The molecule has 1 saturated carbocycles. The Bertz CT molecular complexity index is 394. The van der Waals surface area contributed by atoms with Gasteiger partial charge in [0.2, 0.25) is 0 Å². The van der Waals surface area contributed by atoms with Crippen LogP contribution in [0.25, 0.3) is 0 Å². The molecule has 1 aliphatic carbocycles. The molecule has 1 nitrogen and oxygen atoms in total. The maximum Gasteiger partial charge on any atom is 0.128 e. The van der Waals surface area contributed by atoms with Crippen LogP contribution in [-0.4, -0.2) is 0 Å². The monoisotopic (exact) mass is 235 g/mol. The van der Waals surface area contributed by atoms with Crippen molar-refractivity contribution in [3.63, 3.8) is 0 Å². The molecule has 1 aromatic rings. The number of rotatable bonds is 3. The first-order chi connectivity index (χ1) is 8.09. The first kappa shape index (κ1) is 12.6. The summed E-state index contributed by atoms with van der Waals surface area (Å²) in [6, 6.07) is 5.10. The number of aryl methyl sites for hydroxylation is 1. The Morgan fingerprint density at radius 3 is 2.59 bits per heavy atom. The number of hydrogen-bond donors (Lipinski definition) is 1. The predicted molar refractivity (Wildman–Crippen MR) is 69.3 cm³/mol. The maximum absolute atomic E-state index is 13.9. The van der Waals surface area contributed by atoms with Crippen LogP contribution in [0.15, 0.2) is 18.2 Å². The average molecular weight is 235 g/mol. The van der Waals surface area contributed by atoms with Gasteiger partial charge >= 0.3 is 0 Å². The summed E-state index contributed by atoms with van der Waals surface area (Å²) in [4.78, 5) is 0. The lowest BCUT2D eigenvalue weighted by Crippen LogP contribution is -2.32. The number of benzene rings is 1. The minimum atomic E-state index is -0.158. The van der Waals surface area contributed by atoms with Crippen molar-refractivity contribution >= 4 is 0 Å². The smallest absolute Gasteiger partial charge is 0.128 e. The standard InChI is InChI=1S/C15H22FN/c1-3-15(8-4-5-9-15)14(17)12-10-11(2)6-7-13(12)16/h6-7,10,14H,3-5,8-9,17H2,1-2H3. The SMILES string of the molecule is CCC1(C(N)c2cc(C)ccc2F)CCCC1. The molecular formula is C15H22FN. The summed E-state index contributed by atoms with van der Waals surface area (Å²) in [6.45, 7) is 4.17. The van der Waals surface area contributed by atoms with Gasteiger partial charge in [-0.1, -0.05) is 37.5 Å². The van der Waals surface area contributed by atoms with Crippen molar-refractivity contribution in [3.8, 4) is 0 Å². The van der Waals surface area contributed by atoms with Gasteiger partial charge in [-0.2, -0.15) is 0 Å². The van der Waals surface area contributed by atoms with Gasteiger partial charge in [0.15, 0.2) is 0 Å². The summed E-state index contributed by atoms with van der Waals surface area (Å²) in [5.74, 6) is -0.150. The fraction of sp³-hybridized carbons (Fsp3) is 0.600. The van der Waals surface area contributed by atoms with Crippen molar-refractivity contribution in [2.75, 3.05) is 0 Å². The van der Waals surface area contributed by atoms with Crippen LogP contribution in [-0.2, 0) is 0 Å². The van der Waals surface area contributed by atoms with Crippen molar-refractivity contribution in [1.82, 2.24) is 0 Å². The van der Waals surface area contributed by atoms with Crippen molar-refractivity contribution in [3.05, 3.63) is 35.1 Å². The molecule has 0 saturated heterocycles. The minimum absolute atomic E-state index is 0.120. The Morgan fingerprint density at radius 1 is 1.35 bits per heavy atom. The fourth-order valence-corrected chi connectivity index (χ4v) is 3.19. The quantitative estimate of drug-likeness (QED) is 0.838. The lowest BCUT2D eigenvalue weighted by Gasteiger charge is -2.35. The highest BCUT2D eigenvalue weighted by molar-refractivity contribution is 5.28. The number of nitrogens with two attached hydrogens (primary N) is 1. The van der Waals surface area contributed by atoms with Gasteiger partial charge in [0.25, 0.3) is 0 Å². The molecular weight excluding hydrogens is 213 g/mol. The lowest BCUT2D eigenvalue weighted by molar-refractivity contribution is 0.218. The first-order valence-corrected chi connectivity index (χ1v) is 6.61. The summed E-state index contributed by atoms with van der Waals surface area (Å²) in [6.07, 6.45) is 5.78. The van der Waals surface area contributed by atoms with Gasteiger partial charge in [-0.05, 0) is 37.7 Å². The van der Waals surface area contributed by atoms with E-state index in [0.717, 1.165) is 24.8 Å². The van der Waals surface area contributed by atoms with E-state index < -0.39 is 0 Å². The second-order valence-electron chi connectivity index (χ2n) is 5.43. The molecule has 0 spiro atoms. The maximum atomic E-state index is 13.9. The zero-order chi connectivity index (χ0) is 12.5. The zero-order valence-electron chi connectivity index (χ0n) is 10.8. The highest BCUT2D eigenvalue weighted by Gasteiger charge is 2.39. The molecule has 0 bridgehead atoms. The highest BCUT2D eigenvalue weighted by Crippen LogP contribution is 2.49. The van der Waals surface area contributed by atoms with Crippen molar-refractivity contribution in [2.24, 2.45) is 11.1 Å². The molecule has 2 rings (SSSR count). The van der Waals surface area contributed by atoms with Crippen molar-refractivity contribution in [2.45, 2.75) is 52.0 Å². The number of hydrogen-bond acceptors (Lipinski definition) is 1. The summed E-state index contributed by atoms with van der Waals surface area (Å²) in [7, 11) is 0. The van der Waals surface area contributed by atoms with Crippen LogP contribution in [0.1, 0.15) is 56.2 Å². The molecule has 1 fully saturated rings. The van der Waals surface area contributed by atoms with E-state index in [1.165, 1.54) is 12.8 Å². The van der Waals surface area contributed by atoms with Gasteiger partial charge in [-0.25, -0.2) is 4.39 Å². The Labute approximate surface area is 103 Å². The first-order valence-electron chi connectivity index (χ1n) is 6.61. The van der Waals surface area contributed by atoms with Crippen LogP contribution >= 0.6 is 0 Å². The Kier molecular flexibility index (Phi) is 3.53. The summed E-state index contributed by atoms with van der Waals surface area (Å²) < 4.78 is 13.9. The van der Waals surface area contributed by atoms with Gasteiger partial charge in [-0.15, -0.1) is 0 Å². The second-order valence-corrected chi connectivity index (χ2v) is 5.43. The van der Waals surface area contributed by atoms with E-state index in [2.05, 4.69) is 6.92 Å². The third-order valence-electron chi connectivity index (χ3n) is 4.45. The Balaban J connectivity index is 2.35. The van der Waals surface area contributed by atoms with Crippen LogP contribution in [0.5, 0.6) is 0 Å². The van der Waals surface area contributed by atoms with Crippen molar-refractivity contribution in [1.29, 1.82) is 0 Å². The van der Waals surface area contributed by atoms with Crippen LogP contribution in [0, 0.1) is 18.2 Å². The molecule has 2 heteroatoms. The third kappa shape index (κ3) is 2.23. The van der Waals surface area contributed by atoms with E-state index in [0.29, 0.717) is 5.56 Å². The van der Waals surface area contributed by atoms with Crippen LogP contribution < -0.4 is 5.73 Å². The van der Waals surface area contributed by atoms with E-state index in [9.17, 15) is 4.39 Å². The van der Waals surface area contributed by atoms with Crippen molar-refractivity contribution < 1.29 is 4.39 Å². The van der Waals surface area contributed by atoms with Gasteiger partial charge < -0.3 is 5.73 Å². The van der Waals surface area contributed by atoms with E-state index in [1.54, 1.807) is 12.1 Å². The normalized spacial score (nSPS) is 20.5. The molecule has 1 aromatic carbocycles. The highest BCUT2D eigenvalue weighted by atomic mass is 19.1. The number of halogens is 1. The second kappa shape index (κ2) is 4.77. The summed E-state index contributed by atoms with van der Waals surface area (Å²) in [5, 5.41) is 0. The molecule has 0 heterocycles. The Morgan fingerprint density at radius 2 is 2.00 bits per heavy atom. The van der Waals surface area contributed by atoms with E-state index in [4.69, 9.17) is 5.73 Å². The van der Waals surface area contributed by atoms with Crippen LogP contribution in [0.3, 0.4) is 0 Å². The fourth-order valence-electron chi connectivity index (χ4n) is 3.19. The molecule has 0 amide bonds. The molecule has 0 radical (unpaired) electrons. The molecule has 0 aromatic heterocycles. The third-order valence-corrected chi connectivity index (χ3v) is 4.45. The summed E-state index contributed by atoms with van der Waals surface area (Å²) in [5.41, 5.74) is 8.28. The molecule has 2 N–H and O–H groups in total. The van der Waals surface area contributed by atoms with Gasteiger partial charge in [-0.3, -0.25) is 0 Å². The predicted octanol–water partition coefficient (Wildman–Crippen LogP) is 4.10. The van der Waals surface area contributed by atoms with Crippen LogP contribution in [0.2, 0.25) is 0 Å². The van der Waals surface area contributed by atoms with Gasteiger partial charge in [0, 0.05) is 11.6 Å². The summed E-state index contributed by atoms with van der Waals surface area (Å²) >= 11 is 0. The molecule has 1 atom stereocenters. The Hall–Kier alpha value is -0.890.